The number of benzene rings is 1. The predicted molar refractivity (Wildman–Crippen MR) is 82.0 cm³/mol. The number of amides is 1. The van der Waals surface area contributed by atoms with Crippen molar-refractivity contribution in [3.05, 3.63) is 29.3 Å². The van der Waals surface area contributed by atoms with E-state index in [1.54, 1.807) is 26.0 Å². The number of ether oxygens (including phenoxy) is 1. The van der Waals surface area contributed by atoms with E-state index in [0.29, 0.717) is 36.3 Å². The normalized spacial score (nSPS) is 25.2. The molecule has 2 atom stereocenters. The first kappa shape index (κ1) is 17.9. The minimum atomic E-state index is -5.33. The predicted octanol–water partition coefficient (Wildman–Crippen LogP) is 0.607. The number of nitrogens with zero attached hydrogens (tertiary/aromatic N) is 2. The van der Waals surface area contributed by atoms with Crippen LogP contribution in [0.5, 0.6) is 5.75 Å². The van der Waals surface area contributed by atoms with E-state index in [2.05, 4.69) is 0 Å². The highest BCUT2D eigenvalue weighted by Crippen LogP contribution is 2.49. The van der Waals surface area contributed by atoms with Gasteiger partial charge in [0.2, 0.25) is 5.91 Å². The number of carbonyl (C=O) groups excluding carboxylic acids is 1. The Hall–Kier alpha value is -1.91. The van der Waals surface area contributed by atoms with Gasteiger partial charge in [0.05, 0.1) is 25.5 Å². The maximum Gasteiger partial charge on any atom is 0.223 e. The van der Waals surface area contributed by atoms with E-state index in [1.807, 2.05) is 6.07 Å². The minimum absolute atomic E-state index is 0.156. The van der Waals surface area contributed by atoms with E-state index >= 15 is 0 Å². The molecule has 2 aliphatic heterocycles. The molecule has 0 unspecified atom stereocenters. The molecule has 2 heterocycles. The van der Waals surface area contributed by atoms with Crippen molar-refractivity contribution in [3.8, 4) is 11.8 Å². The van der Waals surface area contributed by atoms with Gasteiger partial charge in [0.15, 0.2) is 0 Å². The van der Waals surface area contributed by atoms with Crippen LogP contribution in [0.25, 0.3) is 0 Å². The number of rotatable bonds is 3. The molecule has 1 saturated heterocycles. The number of carbonyl (C=O) groups is 1. The molecule has 0 aromatic heterocycles. The Bertz CT molecular complexity index is 796. The summed E-state index contributed by atoms with van der Waals surface area (Å²) >= 11 is 0. The third kappa shape index (κ3) is 3.42. The van der Waals surface area contributed by atoms with Crippen LogP contribution in [0.15, 0.2) is 18.2 Å². The van der Waals surface area contributed by atoms with Crippen molar-refractivity contribution < 1.29 is 28.4 Å². The van der Waals surface area contributed by atoms with Crippen molar-refractivity contribution in [2.75, 3.05) is 6.54 Å². The maximum absolute atomic E-state index is 12.3. The molecule has 8 nitrogen and oxygen atoms in total. The van der Waals surface area contributed by atoms with E-state index < -0.39 is 25.6 Å². The lowest BCUT2D eigenvalue weighted by Crippen LogP contribution is -2.55. The lowest BCUT2D eigenvalue weighted by molar-refractivity contribution is -0.349. The first-order chi connectivity index (χ1) is 11.6. The SMILES string of the molecule is CC1(C)Oc2ccc(C#N)cc2[C@@H](N2CCCC2=O)[C@H]1OP(=O)([O-])[O-]. The van der Waals surface area contributed by atoms with Gasteiger partial charge in [0.1, 0.15) is 17.5 Å². The van der Waals surface area contributed by atoms with Crippen molar-refractivity contribution in [3.63, 3.8) is 0 Å². The van der Waals surface area contributed by atoms with Crippen LogP contribution in [0.4, 0.5) is 0 Å². The van der Waals surface area contributed by atoms with Crippen LogP contribution in [0.3, 0.4) is 0 Å². The van der Waals surface area contributed by atoms with Gasteiger partial charge in [-0.2, -0.15) is 5.26 Å². The second-order valence-electron chi connectivity index (χ2n) is 6.68. The maximum atomic E-state index is 12.3. The number of phosphoric ester groups is 1. The van der Waals surface area contributed by atoms with Gasteiger partial charge < -0.3 is 28.5 Å². The number of fused-ring (bicyclic) bond motifs is 1. The Balaban J connectivity index is 2.16. The van der Waals surface area contributed by atoms with Gasteiger partial charge in [0, 0.05) is 18.5 Å². The Morgan fingerprint density at radius 1 is 1.44 bits per heavy atom. The number of hydrogen-bond acceptors (Lipinski definition) is 7. The summed E-state index contributed by atoms with van der Waals surface area (Å²) in [6, 6.07) is 5.90. The Labute approximate surface area is 145 Å². The van der Waals surface area contributed by atoms with E-state index in [1.165, 1.54) is 11.0 Å². The lowest BCUT2D eigenvalue weighted by Gasteiger charge is -2.50. The summed E-state index contributed by atoms with van der Waals surface area (Å²) in [5, 5.41) is 9.15. The molecule has 1 aromatic rings. The van der Waals surface area contributed by atoms with Gasteiger partial charge in [-0.15, -0.1) is 0 Å². The summed E-state index contributed by atoms with van der Waals surface area (Å²) in [5.74, 6) is 0.274. The highest BCUT2D eigenvalue weighted by atomic mass is 31.2. The second-order valence-corrected chi connectivity index (χ2v) is 7.78. The highest BCUT2D eigenvalue weighted by Gasteiger charge is 2.49. The Morgan fingerprint density at radius 3 is 2.72 bits per heavy atom. The largest absolute Gasteiger partial charge is 0.790 e. The third-order valence-electron chi connectivity index (χ3n) is 4.49. The van der Waals surface area contributed by atoms with Crippen molar-refractivity contribution >= 4 is 13.7 Å². The monoisotopic (exact) mass is 364 g/mol. The van der Waals surface area contributed by atoms with Crippen LogP contribution in [-0.4, -0.2) is 29.1 Å². The average Bonchev–Trinajstić information content (AvgIpc) is 2.92. The standard InChI is InChI=1S/C16H19N2O6P/c1-16(2)15(24-25(20,21)22)14(18-7-3-4-13(18)19)11-8-10(9-17)5-6-12(11)23-16/h5-6,8,14-15H,3-4,7H2,1-2H3,(H2,20,21,22)/p-2/t14-,15-/m1/s1. The van der Waals surface area contributed by atoms with Crippen LogP contribution in [-0.2, 0) is 13.9 Å². The van der Waals surface area contributed by atoms with E-state index in [4.69, 9.17) is 14.5 Å². The van der Waals surface area contributed by atoms with Crippen molar-refractivity contribution in [2.45, 2.75) is 44.4 Å². The molecule has 25 heavy (non-hydrogen) atoms. The van der Waals surface area contributed by atoms with Gasteiger partial charge in [-0.1, -0.05) is 0 Å². The third-order valence-corrected chi connectivity index (χ3v) is 4.98. The molecule has 1 fully saturated rings. The zero-order valence-corrected chi connectivity index (χ0v) is 14.7. The lowest BCUT2D eigenvalue weighted by atomic mass is 9.85. The zero-order chi connectivity index (χ0) is 18.4. The average molecular weight is 364 g/mol. The summed E-state index contributed by atoms with van der Waals surface area (Å²) < 4.78 is 22.0. The van der Waals surface area contributed by atoms with E-state index in [0.717, 1.165) is 0 Å². The Morgan fingerprint density at radius 2 is 2.16 bits per heavy atom. The fourth-order valence-electron chi connectivity index (χ4n) is 3.44. The molecule has 1 aromatic carbocycles. The van der Waals surface area contributed by atoms with Crippen LogP contribution in [0, 0.1) is 11.3 Å². The van der Waals surface area contributed by atoms with E-state index in [9.17, 15) is 19.1 Å². The molecule has 0 N–H and O–H groups in total. The fourth-order valence-corrected chi connectivity index (χ4v) is 4.09. The van der Waals surface area contributed by atoms with Crippen LogP contribution in [0.1, 0.15) is 43.9 Å². The zero-order valence-electron chi connectivity index (χ0n) is 13.8. The summed E-state index contributed by atoms with van der Waals surface area (Å²) in [5.41, 5.74) is -0.365. The number of hydrogen-bond donors (Lipinski definition) is 0. The molecule has 3 rings (SSSR count). The number of likely N-dealkylation sites (tertiary alicyclic amines) is 1. The second kappa shape index (κ2) is 6.11. The molecule has 1 amide bonds. The van der Waals surface area contributed by atoms with Crippen molar-refractivity contribution in [2.24, 2.45) is 0 Å². The molecule has 134 valence electrons. The van der Waals surface area contributed by atoms with Crippen LogP contribution in [0.2, 0.25) is 0 Å². The minimum Gasteiger partial charge on any atom is -0.790 e. The molecule has 2 aliphatic rings. The molecular formula is C16H17N2O6P-2. The summed E-state index contributed by atoms with van der Waals surface area (Å²) in [6.07, 6.45) is -0.246. The molecule has 0 saturated carbocycles. The molecular weight excluding hydrogens is 347 g/mol. The number of phosphoric acid groups is 1. The van der Waals surface area contributed by atoms with Gasteiger partial charge >= 0.3 is 0 Å². The smallest absolute Gasteiger partial charge is 0.223 e. The highest BCUT2D eigenvalue weighted by molar-refractivity contribution is 7.43. The van der Waals surface area contributed by atoms with Crippen molar-refractivity contribution in [1.29, 1.82) is 5.26 Å². The summed E-state index contributed by atoms with van der Waals surface area (Å²) in [7, 11) is -5.33. The Kier molecular flexibility index (Phi) is 4.38. The van der Waals surface area contributed by atoms with Gasteiger partial charge in [-0.3, -0.25) is 4.79 Å². The van der Waals surface area contributed by atoms with E-state index in [-0.39, 0.29) is 5.91 Å². The molecule has 0 spiro atoms. The summed E-state index contributed by atoms with van der Waals surface area (Å²) in [6.45, 7) is 3.61. The number of nitriles is 1. The topological polar surface area (TPSA) is 126 Å². The van der Waals surface area contributed by atoms with Crippen LogP contribution >= 0.6 is 7.82 Å². The van der Waals surface area contributed by atoms with Gasteiger partial charge in [-0.05, 0) is 38.5 Å². The molecule has 9 heteroatoms. The molecule has 0 bridgehead atoms. The molecule has 0 radical (unpaired) electrons. The van der Waals surface area contributed by atoms with Gasteiger partial charge in [-0.25, -0.2) is 0 Å². The van der Waals surface area contributed by atoms with Gasteiger partial charge in [0.25, 0.3) is 0 Å². The molecule has 0 aliphatic carbocycles. The quantitative estimate of drug-likeness (QED) is 0.719. The first-order valence-electron chi connectivity index (χ1n) is 7.85. The first-order valence-corrected chi connectivity index (χ1v) is 9.31. The van der Waals surface area contributed by atoms with Crippen LogP contribution < -0.4 is 14.5 Å². The summed E-state index contributed by atoms with van der Waals surface area (Å²) in [4.78, 5) is 36.4. The fraction of sp³-hybridized carbons (Fsp3) is 0.500. The van der Waals surface area contributed by atoms with Crippen molar-refractivity contribution in [1.82, 2.24) is 4.90 Å².